The molecular weight excluding hydrogens is 378 g/mol. The lowest BCUT2D eigenvalue weighted by Crippen LogP contribution is -2.48. The average Bonchev–Trinajstić information content (AvgIpc) is 2.74. The summed E-state index contributed by atoms with van der Waals surface area (Å²) < 4.78 is 38.5. The summed E-state index contributed by atoms with van der Waals surface area (Å²) in [5, 5.41) is 9.21. The van der Waals surface area contributed by atoms with E-state index in [0.29, 0.717) is 39.4 Å². The first-order chi connectivity index (χ1) is 13.6. The van der Waals surface area contributed by atoms with Crippen LogP contribution < -0.4 is 9.47 Å². The molecular formula is C20H21N3O4S. The van der Waals surface area contributed by atoms with Gasteiger partial charge in [0.1, 0.15) is 19.3 Å². The minimum absolute atomic E-state index is 0.0813. The molecule has 2 heterocycles. The van der Waals surface area contributed by atoms with Crippen LogP contribution in [0.15, 0.2) is 47.4 Å². The molecule has 0 spiro atoms. The third kappa shape index (κ3) is 3.69. The van der Waals surface area contributed by atoms with Crippen LogP contribution >= 0.6 is 0 Å². The van der Waals surface area contributed by atoms with Gasteiger partial charge in [-0.3, -0.25) is 4.90 Å². The van der Waals surface area contributed by atoms with Gasteiger partial charge >= 0.3 is 0 Å². The van der Waals surface area contributed by atoms with Crippen molar-refractivity contribution in [3.05, 3.63) is 53.6 Å². The maximum absolute atomic E-state index is 12.9. The standard InChI is InChI=1S/C20H21N3O4S/c21-14-17-3-1-2-4-20(17)28(24,25)23-9-7-22(8-10-23)15-16-5-6-18-19(13-16)27-12-11-26-18/h1-6,13H,7-12,15H2. The first kappa shape index (κ1) is 18.7. The summed E-state index contributed by atoms with van der Waals surface area (Å²) in [5.41, 5.74) is 1.29. The molecule has 0 radical (unpaired) electrons. The fourth-order valence-corrected chi connectivity index (χ4v) is 5.06. The maximum Gasteiger partial charge on any atom is 0.244 e. The molecule has 1 fully saturated rings. The second-order valence-corrected chi connectivity index (χ2v) is 8.67. The molecule has 0 amide bonds. The minimum atomic E-state index is -3.67. The second kappa shape index (κ2) is 7.80. The lowest BCUT2D eigenvalue weighted by molar-refractivity contribution is 0.169. The van der Waals surface area contributed by atoms with Gasteiger partial charge in [0.2, 0.25) is 10.0 Å². The summed E-state index contributed by atoms with van der Waals surface area (Å²) in [6.45, 7) is 3.89. The highest BCUT2D eigenvalue weighted by atomic mass is 32.2. The normalized spacial score (nSPS) is 17.8. The van der Waals surface area contributed by atoms with Crippen molar-refractivity contribution in [3.8, 4) is 17.6 Å². The van der Waals surface area contributed by atoms with E-state index in [1.54, 1.807) is 12.1 Å². The van der Waals surface area contributed by atoms with E-state index in [0.717, 1.165) is 23.6 Å². The number of rotatable bonds is 4. The predicted molar refractivity (Wildman–Crippen MR) is 103 cm³/mol. The van der Waals surface area contributed by atoms with Crippen LogP contribution in [0.2, 0.25) is 0 Å². The molecule has 0 unspecified atom stereocenters. The van der Waals surface area contributed by atoms with Crippen molar-refractivity contribution in [1.82, 2.24) is 9.21 Å². The van der Waals surface area contributed by atoms with Crippen molar-refractivity contribution < 1.29 is 17.9 Å². The van der Waals surface area contributed by atoms with Crippen LogP contribution in [-0.2, 0) is 16.6 Å². The van der Waals surface area contributed by atoms with E-state index < -0.39 is 10.0 Å². The number of hydrogen-bond donors (Lipinski definition) is 0. The highest BCUT2D eigenvalue weighted by Gasteiger charge is 2.30. The van der Waals surface area contributed by atoms with Crippen molar-refractivity contribution in [3.63, 3.8) is 0 Å². The van der Waals surface area contributed by atoms with Gasteiger partial charge in [0.25, 0.3) is 0 Å². The Labute approximate surface area is 164 Å². The van der Waals surface area contributed by atoms with Gasteiger partial charge in [-0.25, -0.2) is 8.42 Å². The van der Waals surface area contributed by atoms with Gasteiger partial charge in [0.15, 0.2) is 11.5 Å². The van der Waals surface area contributed by atoms with Crippen LogP contribution in [0.25, 0.3) is 0 Å². The van der Waals surface area contributed by atoms with Gasteiger partial charge in [0.05, 0.1) is 10.5 Å². The number of hydrogen-bond acceptors (Lipinski definition) is 6. The summed E-state index contributed by atoms with van der Waals surface area (Å²) in [4.78, 5) is 2.30. The monoisotopic (exact) mass is 399 g/mol. The lowest BCUT2D eigenvalue weighted by atomic mass is 10.1. The Morgan fingerprint density at radius 3 is 2.43 bits per heavy atom. The zero-order chi connectivity index (χ0) is 19.6. The molecule has 0 atom stereocenters. The maximum atomic E-state index is 12.9. The average molecular weight is 399 g/mol. The van der Waals surface area contributed by atoms with Crippen LogP contribution in [-0.4, -0.2) is 57.0 Å². The Kier molecular flexibility index (Phi) is 5.22. The van der Waals surface area contributed by atoms with Gasteiger partial charge in [-0.1, -0.05) is 18.2 Å². The molecule has 146 valence electrons. The van der Waals surface area contributed by atoms with Crippen molar-refractivity contribution in [2.45, 2.75) is 11.4 Å². The number of fused-ring (bicyclic) bond motifs is 1. The van der Waals surface area contributed by atoms with Gasteiger partial charge in [0, 0.05) is 32.7 Å². The van der Waals surface area contributed by atoms with Crippen molar-refractivity contribution in [2.75, 3.05) is 39.4 Å². The molecule has 0 aliphatic carbocycles. The molecule has 0 aromatic heterocycles. The van der Waals surface area contributed by atoms with Crippen LogP contribution in [0.1, 0.15) is 11.1 Å². The molecule has 0 N–H and O–H groups in total. The SMILES string of the molecule is N#Cc1ccccc1S(=O)(=O)N1CCN(Cc2ccc3c(c2)OCCO3)CC1. The first-order valence-corrected chi connectivity index (χ1v) is 10.6. The number of ether oxygens (including phenoxy) is 2. The molecule has 2 aromatic rings. The molecule has 2 aliphatic rings. The summed E-state index contributed by atoms with van der Waals surface area (Å²) >= 11 is 0. The zero-order valence-electron chi connectivity index (χ0n) is 15.4. The molecule has 2 aliphatic heterocycles. The quantitative estimate of drug-likeness (QED) is 0.780. The molecule has 1 saturated heterocycles. The van der Waals surface area contributed by atoms with E-state index in [1.165, 1.54) is 16.4 Å². The molecule has 0 saturated carbocycles. The van der Waals surface area contributed by atoms with Gasteiger partial charge in [-0.15, -0.1) is 0 Å². The van der Waals surface area contributed by atoms with Crippen molar-refractivity contribution in [1.29, 1.82) is 5.26 Å². The zero-order valence-corrected chi connectivity index (χ0v) is 16.2. The van der Waals surface area contributed by atoms with Crippen LogP contribution in [0, 0.1) is 11.3 Å². The van der Waals surface area contributed by atoms with Gasteiger partial charge in [-0.2, -0.15) is 9.57 Å². The molecule has 7 nitrogen and oxygen atoms in total. The predicted octanol–water partition coefficient (Wildman–Crippen LogP) is 1.84. The third-order valence-corrected chi connectivity index (χ3v) is 6.93. The van der Waals surface area contributed by atoms with Gasteiger partial charge < -0.3 is 9.47 Å². The van der Waals surface area contributed by atoms with E-state index in [-0.39, 0.29) is 10.5 Å². The van der Waals surface area contributed by atoms with E-state index in [2.05, 4.69) is 4.90 Å². The Morgan fingerprint density at radius 2 is 1.68 bits per heavy atom. The Balaban J connectivity index is 1.41. The summed E-state index contributed by atoms with van der Waals surface area (Å²) in [6.07, 6.45) is 0. The van der Waals surface area contributed by atoms with E-state index >= 15 is 0 Å². The highest BCUT2D eigenvalue weighted by molar-refractivity contribution is 7.89. The van der Waals surface area contributed by atoms with Crippen LogP contribution in [0.4, 0.5) is 0 Å². The molecule has 2 aromatic carbocycles. The lowest BCUT2D eigenvalue weighted by Gasteiger charge is -2.34. The largest absolute Gasteiger partial charge is 0.486 e. The van der Waals surface area contributed by atoms with E-state index in [9.17, 15) is 13.7 Å². The second-order valence-electron chi connectivity index (χ2n) is 6.77. The minimum Gasteiger partial charge on any atom is -0.486 e. The molecule has 4 rings (SSSR count). The molecule has 28 heavy (non-hydrogen) atoms. The topological polar surface area (TPSA) is 82.9 Å². The number of benzene rings is 2. The first-order valence-electron chi connectivity index (χ1n) is 9.18. The third-order valence-electron chi connectivity index (χ3n) is 4.97. The fraction of sp³-hybridized carbons (Fsp3) is 0.350. The van der Waals surface area contributed by atoms with Crippen LogP contribution in [0.5, 0.6) is 11.5 Å². The van der Waals surface area contributed by atoms with Crippen molar-refractivity contribution in [2.24, 2.45) is 0 Å². The van der Waals surface area contributed by atoms with Gasteiger partial charge in [-0.05, 0) is 29.8 Å². The molecule has 0 bridgehead atoms. The fourth-order valence-electron chi connectivity index (χ4n) is 3.50. The number of piperazine rings is 1. The van der Waals surface area contributed by atoms with Crippen LogP contribution in [0.3, 0.4) is 0 Å². The smallest absolute Gasteiger partial charge is 0.244 e. The number of sulfonamides is 1. The van der Waals surface area contributed by atoms with E-state index in [1.807, 2.05) is 24.3 Å². The van der Waals surface area contributed by atoms with E-state index in [4.69, 9.17) is 9.47 Å². The Bertz CT molecular complexity index is 1010. The highest BCUT2D eigenvalue weighted by Crippen LogP contribution is 2.31. The summed E-state index contributed by atoms with van der Waals surface area (Å²) in [6, 6.07) is 14.2. The number of nitrogens with zero attached hydrogens (tertiary/aromatic N) is 3. The Morgan fingerprint density at radius 1 is 0.964 bits per heavy atom. The Hall–Kier alpha value is -2.60. The molecule has 8 heteroatoms. The van der Waals surface area contributed by atoms with Crippen molar-refractivity contribution >= 4 is 10.0 Å². The summed E-state index contributed by atoms with van der Waals surface area (Å²) in [7, 11) is -3.67. The summed E-state index contributed by atoms with van der Waals surface area (Å²) in [5.74, 6) is 1.53. The number of nitriles is 1.